The molecule has 0 radical (unpaired) electrons. The molecule has 1 saturated heterocycles. The summed E-state index contributed by atoms with van der Waals surface area (Å²) in [7, 11) is -3.98. The molecule has 3 heterocycles. The Morgan fingerprint density at radius 2 is 2.20 bits per heavy atom. The second kappa shape index (κ2) is 7.43. The molecule has 1 aliphatic rings. The number of amides is 1. The number of halogens is 1. The van der Waals surface area contributed by atoms with Crippen molar-refractivity contribution in [3.05, 3.63) is 16.5 Å². The Kier molecular flexibility index (Phi) is 5.45. The number of hydrogen-bond acceptors (Lipinski definition) is 7. The zero-order valence-electron chi connectivity index (χ0n) is 13.6. The number of likely N-dealkylation sites (tertiary alicyclic amines) is 1. The molecule has 0 saturated carbocycles. The third-order valence-electron chi connectivity index (χ3n) is 4.19. The van der Waals surface area contributed by atoms with E-state index in [9.17, 15) is 13.2 Å². The minimum atomic E-state index is -3.98. The van der Waals surface area contributed by atoms with Crippen LogP contribution < -0.4 is 0 Å². The van der Waals surface area contributed by atoms with Crippen LogP contribution in [0.4, 0.5) is 0 Å². The average Bonchev–Trinajstić information content (AvgIpc) is 3.23. The van der Waals surface area contributed by atoms with Crippen molar-refractivity contribution in [3.8, 4) is 10.8 Å². The highest BCUT2D eigenvalue weighted by atomic mass is 35.5. The number of thiophene rings is 1. The van der Waals surface area contributed by atoms with E-state index in [0.29, 0.717) is 15.8 Å². The molecule has 7 nitrogen and oxygen atoms in total. The van der Waals surface area contributed by atoms with Crippen LogP contribution in [-0.2, 0) is 14.6 Å². The SMILES string of the molecule is CCC1CCCCN1C(=O)CS(=O)(=O)c1nnc(-c2ccc(Cl)s2)o1. The first kappa shape index (κ1) is 18.3. The van der Waals surface area contributed by atoms with Crippen molar-refractivity contribution in [3.63, 3.8) is 0 Å². The predicted molar refractivity (Wildman–Crippen MR) is 94.3 cm³/mol. The largest absolute Gasteiger partial charge is 0.407 e. The molecule has 1 atom stereocenters. The topological polar surface area (TPSA) is 93.4 Å². The van der Waals surface area contributed by atoms with E-state index in [1.807, 2.05) is 6.92 Å². The summed E-state index contributed by atoms with van der Waals surface area (Å²) in [4.78, 5) is 14.7. The van der Waals surface area contributed by atoms with Crippen molar-refractivity contribution in [2.45, 2.75) is 43.9 Å². The van der Waals surface area contributed by atoms with Crippen LogP contribution in [0.25, 0.3) is 10.8 Å². The van der Waals surface area contributed by atoms with Gasteiger partial charge in [-0.05, 0) is 37.8 Å². The summed E-state index contributed by atoms with van der Waals surface area (Å²) in [5, 5.41) is 6.81. The van der Waals surface area contributed by atoms with Crippen molar-refractivity contribution in [2.75, 3.05) is 12.3 Å². The fourth-order valence-electron chi connectivity index (χ4n) is 2.92. The maximum atomic E-state index is 12.5. The van der Waals surface area contributed by atoms with E-state index in [-0.39, 0.29) is 11.9 Å². The zero-order valence-corrected chi connectivity index (χ0v) is 16.0. The van der Waals surface area contributed by atoms with E-state index in [0.717, 1.165) is 25.7 Å². The van der Waals surface area contributed by atoms with Gasteiger partial charge in [0.25, 0.3) is 5.89 Å². The predicted octanol–water partition coefficient (Wildman–Crippen LogP) is 3.02. The lowest BCUT2D eigenvalue weighted by Crippen LogP contribution is -2.45. The molecule has 0 aliphatic carbocycles. The fourth-order valence-corrected chi connectivity index (χ4v) is 4.87. The zero-order chi connectivity index (χ0) is 18.0. The number of piperidine rings is 1. The quantitative estimate of drug-likeness (QED) is 0.761. The number of aromatic nitrogens is 2. The highest BCUT2D eigenvalue weighted by molar-refractivity contribution is 7.91. The lowest BCUT2D eigenvalue weighted by Gasteiger charge is -2.35. The van der Waals surface area contributed by atoms with Gasteiger partial charge < -0.3 is 9.32 Å². The maximum absolute atomic E-state index is 12.5. The molecule has 0 spiro atoms. The number of rotatable bonds is 5. The molecular weight excluding hydrogens is 386 g/mol. The second-order valence-electron chi connectivity index (χ2n) is 5.88. The molecule has 1 unspecified atom stereocenters. The van der Waals surface area contributed by atoms with Crippen molar-refractivity contribution in [1.29, 1.82) is 0 Å². The van der Waals surface area contributed by atoms with Gasteiger partial charge in [-0.3, -0.25) is 4.79 Å². The van der Waals surface area contributed by atoms with Gasteiger partial charge in [0, 0.05) is 12.6 Å². The summed E-state index contributed by atoms with van der Waals surface area (Å²) in [5.74, 6) is -0.992. The first-order chi connectivity index (χ1) is 11.9. The molecule has 136 valence electrons. The van der Waals surface area contributed by atoms with Crippen LogP contribution in [0.15, 0.2) is 21.8 Å². The van der Waals surface area contributed by atoms with Crippen LogP contribution >= 0.6 is 22.9 Å². The smallest absolute Gasteiger partial charge is 0.336 e. The molecule has 1 amide bonds. The van der Waals surface area contributed by atoms with Crippen LogP contribution in [0.2, 0.25) is 4.34 Å². The summed E-state index contributed by atoms with van der Waals surface area (Å²) in [6, 6.07) is 3.43. The molecule has 10 heteroatoms. The van der Waals surface area contributed by atoms with Crippen molar-refractivity contribution >= 4 is 38.7 Å². The molecule has 1 aliphatic heterocycles. The first-order valence-corrected chi connectivity index (χ1v) is 10.9. The molecule has 3 rings (SSSR count). The third kappa shape index (κ3) is 4.04. The summed E-state index contributed by atoms with van der Waals surface area (Å²) < 4.78 is 30.7. The maximum Gasteiger partial charge on any atom is 0.336 e. The minimum Gasteiger partial charge on any atom is -0.407 e. The summed E-state index contributed by atoms with van der Waals surface area (Å²) in [6.07, 6.45) is 3.68. The standard InChI is InChI=1S/C15H18ClN3O4S2/c1-2-10-5-3-4-8-19(10)13(20)9-25(21,22)15-18-17-14(23-15)11-6-7-12(16)24-11/h6-7,10H,2-5,8-9H2,1H3. The average molecular weight is 404 g/mol. The molecule has 2 aromatic heterocycles. The van der Waals surface area contributed by atoms with E-state index in [1.165, 1.54) is 11.3 Å². The molecular formula is C15H18ClN3O4S2. The van der Waals surface area contributed by atoms with Crippen LogP contribution in [0.3, 0.4) is 0 Å². The lowest BCUT2D eigenvalue weighted by atomic mass is 10.0. The lowest BCUT2D eigenvalue weighted by molar-refractivity contribution is -0.132. The van der Waals surface area contributed by atoms with E-state index >= 15 is 0 Å². The van der Waals surface area contributed by atoms with Gasteiger partial charge in [-0.2, -0.15) is 0 Å². The van der Waals surface area contributed by atoms with Gasteiger partial charge in [0.15, 0.2) is 0 Å². The Morgan fingerprint density at radius 3 is 2.88 bits per heavy atom. The summed E-state index contributed by atoms with van der Waals surface area (Å²) >= 11 is 7.05. The van der Waals surface area contributed by atoms with Crippen LogP contribution in [0.5, 0.6) is 0 Å². The van der Waals surface area contributed by atoms with Crippen molar-refractivity contribution < 1.29 is 17.6 Å². The van der Waals surface area contributed by atoms with Crippen molar-refractivity contribution in [2.24, 2.45) is 0 Å². The number of hydrogen-bond donors (Lipinski definition) is 0. The monoisotopic (exact) mass is 403 g/mol. The number of nitrogens with zero attached hydrogens (tertiary/aromatic N) is 3. The Hall–Kier alpha value is -1.45. The Labute approximate surface area is 154 Å². The second-order valence-corrected chi connectivity index (χ2v) is 9.46. The van der Waals surface area contributed by atoms with Gasteiger partial charge in [0.1, 0.15) is 5.75 Å². The molecule has 2 aromatic rings. The Morgan fingerprint density at radius 1 is 1.40 bits per heavy atom. The molecule has 25 heavy (non-hydrogen) atoms. The molecule has 0 aromatic carbocycles. The normalized spacial score (nSPS) is 18.5. The fraction of sp³-hybridized carbons (Fsp3) is 0.533. The van der Waals surface area contributed by atoms with Gasteiger partial charge in [-0.25, -0.2) is 8.42 Å². The van der Waals surface area contributed by atoms with Crippen LogP contribution in [0.1, 0.15) is 32.6 Å². The number of carbonyl (C=O) groups excluding carboxylic acids is 1. The van der Waals surface area contributed by atoms with Gasteiger partial charge in [-0.15, -0.1) is 16.4 Å². The van der Waals surface area contributed by atoms with Gasteiger partial charge in [0.05, 0.1) is 9.21 Å². The van der Waals surface area contributed by atoms with E-state index in [2.05, 4.69) is 10.2 Å². The Balaban J connectivity index is 1.75. The number of carbonyl (C=O) groups is 1. The third-order valence-corrected chi connectivity index (χ3v) is 6.73. The van der Waals surface area contributed by atoms with Crippen molar-refractivity contribution in [1.82, 2.24) is 15.1 Å². The van der Waals surface area contributed by atoms with Gasteiger partial charge in [0.2, 0.25) is 15.7 Å². The summed E-state index contributed by atoms with van der Waals surface area (Å²) in [5.41, 5.74) is 0. The molecule has 0 N–H and O–H groups in total. The van der Waals surface area contributed by atoms with E-state index in [4.69, 9.17) is 16.0 Å². The highest BCUT2D eigenvalue weighted by Gasteiger charge is 2.32. The Bertz CT molecular complexity index is 862. The minimum absolute atomic E-state index is 0.0762. The first-order valence-electron chi connectivity index (χ1n) is 8.02. The van der Waals surface area contributed by atoms with E-state index in [1.54, 1.807) is 17.0 Å². The molecule has 0 bridgehead atoms. The molecule has 1 fully saturated rings. The highest BCUT2D eigenvalue weighted by Crippen LogP contribution is 2.30. The van der Waals surface area contributed by atoms with E-state index < -0.39 is 26.7 Å². The van der Waals surface area contributed by atoms with Gasteiger partial charge in [-0.1, -0.05) is 23.6 Å². The van der Waals surface area contributed by atoms with Crippen LogP contribution in [0, 0.1) is 0 Å². The van der Waals surface area contributed by atoms with Gasteiger partial charge >= 0.3 is 5.22 Å². The van der Waals surface area contributed by atoms with Crippen LogP contribution in [-0.4, -0.2) is 47.8 Å². The summed E-state index contributed by atoms with van der Waals surface area (Å²) in [6.45, 7) is 2.59. The number of sulfone groups is 1.